The highest BCUT2D eigenvalue weighted by Gasteiger charge is 1.90. The van der Waals surface area contributed by atoms with Crippen LogP contribution in [0.2, 0.25) is 0 Å². The Hall–Kier alpha value is -1.05. The van der Waals surface area contributed by atoms with E-state index in [0.29, 0.717) is 12.1 Å². The van der Waals surface area contributed by atoms with E-state index in [1.54, 1.807) is 7.05 Å². The van der Waals surface area contributed by atoms with E-state index >= 15 is 0 Å². The van der Waals surface area contributed by atoms with Crippen molar-refractivity contribution in [2.24, 2.45) is 0 Å². The summed E-state index contributed by atoms with van der Waals surface area (Å²) in [5, 5.41) is 0. The molecular formula is C6H9NO. The molecule has 0 heterocycles. The first kappa shape index (κ1) is 6.95. The minimum Gasteiger partial charge on any atom is -0.319 e. The number of amides is 1. The maximum Gasteiger partial charge on any atom is 0.213 e. The van der Waals surface area contributed by atoms with Crippen LogP contribution >= 0.6 is 0 Å². The number of allylic oxidation sites excluding steroid dienone is 1. The van der Waals surface area contributed by atoms with E-state index in [-0.39, 0.29) is 0 Å². The summed E-state index contributed by atoms with van der Waals surface area (Å²) >= 11 is 0. The van der Waals surface area contributed by atoms with Gasteiger partial charge in [-0.25, -0.2) is 0 Å². The normalized spacial score (nSPS) is 7.62. The van der Waals surface area contributed by atoms with Crippen molar-refractivity contribution >= 4 is 6.41 Å². The number of likely N-dealkylation sites (N-methyl/N-ethyl adjacent to an activating group) is 1. The van der Waals surface area contributed by atoms with Crippen LogP contribution in [0.1, 0.15) is 0 Å². The van der Waals surface area contributed by atoms with Gasteiger partial charge in [0.15, 0.2) is 0 Å². The smallest absolute Gasteiger partial charge is 0.213 e. The van der Waals surface area contributed by atoms with Crippen molar-refractivity contribution in [2.75, 3.05) is 7.05 Å². The quantitative estimate of drug-likeness (QED) is 0.389. The Morgan fingerprint density at radius 3 is 2.38 bits per heavy atom. The Bertz CT molecular complexity index is 118. The Labute approximate surface area is 49.1 Å². The minimum atomic E-state index is 0.611. The van der Waals surface area contributed by atoms with Gasteiger partial charge in [-0.2, -0.15) is 0 Å². The molecule has 1 amide bonds. The lowest BCUT2D eigenvalue weighted by Gasteiger charge is -2.07. The van der Waals surface area contributed by atoms with Gasteiger partial charge in [-0.05, 0) is 6.08 Å². The third kappa shape index (κ3) is 1.60. The molecule has 0 aromatic carbocycles. The fourth-order valence-corrected chi connectivity index (χ4v) is 0.212. The molecule has 0 rings (SSSR count). The highest BCUT2D eigenvalue weighted by atomic mass is 16.1. The Morgan fingerprint density at radius 1 is 1.75 bits per heavy atom. The second-order valence-electron chi connectivity index (χ2n) is 1.41. The fourth-order valence-electron chi connectivity index (χ4n) is 0.212. The van der Waals surface area contributed by atoms with Gasteiger partial charge in [-0.15, -0.1) is 0 Å². The lowest BCUT2D eigenvalue weighted by molar-refractivity contribution is -0.115. The second-order valence-corrected chi connectivity index (χ2v) is 1.41. The Morgan fingerprint density at radius 2 is 2.25 bits per heavy atom. The average molecular weight is 111 g/mol. The highest BCUT2D eigenvalue weighted by molar-refractivity contribution is 5.51. The van der Waals surface area contributed by atoms with E-state index in [2.05, 4.69) is 13.2 Å². The van der Waals surface area contributed by atoms with Crippen LogP contribution in [0.3, 0.4) is 0 Å². The van der Waals surface area contributed by atoms with E-state index in [0.717, 1.165) is 0 Å². The van der Waals surface area contributed by atoms with Crippen LogP contribution in [0, 0.1) is 0 Å². The van der Waals surface area contributed by atoms with Gasteiger partial charge < -0.3 is 4.90 Å². The van der Waals surface area contributed by atoms with Crippen LogP contribution in [0.4, 0.5) is 0 Å². The number of hydrogen-bond acceptors (Lipinski definition) is 1. The SMILES string of the molecule is C=CC(=C)N(C)C=O. The van der Waals surface area contributed by atoms with Gasteiger partial charge in [0.05, 0.1) is 0 Å². The third-order valence-corrected chi connectivity index (χ3v) is 0.847. The molecule has 0 aromatic heterocycles. The van der Waals surface area contributed by atoms with Gasteiger partial charge >= 0.3 is 0 Å². The lowest BCUT2D eigenvalue weighted by atomic mass is 10.4. The van der Waals surface area contributed by atoms with Crippen molar-refractivity contribution in [1.82, 2.24) is 4.90 Å². The molecule has 0 aromatic rings. The molecule has 8 heavy (non-hydrogen) atoms. The van der Waals surface area contributed by atoms with Crippen molar-refractivity contribution < 1.29 is 4.79 Å². The minimum absolute atomic E-state index is 0.611. The molecule has 0 unspecified atom stereocenters. The van der Waals surface area contributed by atoms with Crippen LogP contribution in [0.15, 0.2) is 24.9 Å². The molecule has 0 saturated heterocycles. The van der Waals surface area contributed by atoms with E-state index in [1.165, 1.54) is 11.0 Å². The summed E-state index contributed by atoms with van der Waals surface area (Å²) in [7, 11) is 1.62. The van der Waals surface area contributed by atoms with E-state index < -0.39 is 0 Å². The van der Waals surface area contributed by atoms with E-state index in [9.17, 15) is 4.79 Å². The standard InChI is InChI=1S/C6H9NO/c1-4-6(2)7(3)5-8/h4-5H,1-2H2,3H3. The number of hydrogen-bond donors (Lipinski definition) is 0. The summed E-state index contributed by atoms with van der Waals surface area (Å²) in [4.78, 5) is 11.3. The number of nitrogens with zero attached hydrogens (tertiary/aromatic N) is 1. The summed E-state index contributed by atoms with van der Waals surface area (Å²) in [5.41, 5.74) is 0.611. The molecule has 0 saturated carbocycles. The van der Waals surface area contributed by atoms with Crippen LogP contribution in [0.5, 0.6) is 0 Å². The summed E-state index contributed by atoms with van der Waals surface area (Å²) in [6.07, 6.45) is 2.21. The van der Waals surface area contributed by atoms with Gasteiger partial charge in [0, 0.05) is 12.7 Å². The third-order valence-electron chi connectivity index (χ3n) is 0.847. The molecule has 0 radical (unpaired) electrons. The number of rotatable bonds is 3. The van der Waals surface area contributed by atoms with Crippen molar-refractivity contribution in [1.29, 1.82) is 0 Å². The van der Waals surface area contributed by atoms with Gasteiger partial charge in [0.2, 0.25) is 6.41 Å². The lowest BCUT2D eigenvalue weighted by Crippen LogP contribution is -2.11. The fraction of sp³-hybridized carbons (Fsp3) is 0.167. The van der Waals surface area contributed by atoms with Crippen LogP contribution in [-0.2, 0) is 4.79 Å². The molecule has 0 spiro atoms. The average Bonchev–Trinajstić information content (AvgIpc) is 1.84. The first-order valence-corrected chi connectivity index (χ1v) is 2.22. The largest absolute Gasteiger partial charge is 0.319 e. The molecule has 0 bridgehead atoms. The number of carbonyl (C=O) groups is 1. The second kappa shape index (κ2) is 3.02. The highest BCUT2D eigenvalue weighted by Crippen LogP contribution is 1.92. The summed E-state index contributed by atoms with van der Waals surface area (Å²) in [6, 6.07) is 0. The molecule has 44 valence electrons. The first-order chi connectivity index (χ1) is 3.72. The van der Waals surface area contributed by atoms with Crippen LogP contribution in [-0.4, -0.2) is 18.4 Å². The molecule has 0 aliphatic heterocycles. The van der Waals surface area contributed by atoms with Gasteiger partial charge in [-0.3, -0.25) is 4.79 Å². The predicted octanol–water partition coefficient (Wildman–Crippen LogP) is 0.774. The summed E-state index contributed by atoms with van der Waals surface area (Å²) < 4.78 is 0. The predicted molar refractivity (Wildman–Crippen MR) is 33.2 cm³/mol. The zero-order valence-corrected chi connectivity index (χ0v) is 4.92. The van der Waals surface area contributed by atoms with Gasteiger partial charge in [0.25, 0.3) is 0 Å². The van der Waals surface area contributed by atoms with E-state index in [4.69, 9.17) is 0 Å². The van der Waals surface area contributed by atoms with Crippen molar-refractivity contribution in [3.8, 4) is 0 Å². The monoisotopic (exact) mass is 111 g/mol. The molecule has 0 aliphatic rings. The Balaban J connectivity index is 3.80. The zero-order valence-electron chi connectivity index (χ0n) is 4.92. The molecule has 0 fully saturated rings. The van der Waals surface area contributed by atoms with Gasteiger partial charge in [0.1, 0.15) is 0 Å². The van der Waals surface area contributed by atoms with Crippen LogP contribution < -0.4 is 0 Å². The molecule has 2 heteroatoms. The maximum absolute atomic E-state index is 9.92. The molecular weight excluding hydrogens is 102 g/mol. The Kier molecular flexibility index (Phi) is 2.62. The van der Waals surface area contributed by atoms with Crippen LogP contribution in [0.25, 0.3) is 0 Å². The summed E-state index contributed by atoms with van der Waals surface area (Å²) in [5.74, 6) is 0. The molecule has 0 aliphatic carbocycles. The summed E-state index contributed by atoms with van der Waals surface area (Å²) in [6.45, 7) is 6.95. The molecule has 0 atom stereocenters. The van der Waals surface area contributed by atoms with Crippen molar-refractivity contribution in [3.63, 3.8) is 0 Å². The van der Waals surface area contributed by atoms with E-state index in [1.807, 2.05) is 0 Å². The topological polar surface area (TPSA) is 20.3 Å². The zero-order chi connectivity index (χ0) is 6.57. The van der Waals surface area contributed by atoms with Crippen molar-refractivity contribution in [2.45, 2.75) is 0 Å². The van der Waals surface area contributed by atoms with Crippen molar-refractivity contribution in [3.05, 3.63) is 24.9 Å². The van der Waals surface area contributed by atoms with Gasteiger partial charge in [-0.1, -0.05) is 13.2 Å². The number of carbonyl (C=O) groups excluding carboxylic acids is 1. The maximum atomic E-state index is 9.92. The molecule has 2 nitrogen and oxygen atoms in total. The first-order valence-electron chi connectivity index (χ1n) is 2.22. The molecule has 0 N–H and O–H groups in total.